The molecule has 1 unspecified atom stereocenters. The first-order valence-corrected chi connectivity index (χ1v) is 9.62. The average Bonchev–Trinajstić information content (AvgIpc) is 2.52. The van der Waals surface area contributed by atoms with E-state index in [-0.39, 0.29) is 16.4 Å². The lowest BCUT2D eigenvalue weighted by Gasteiger charge is -2.26. The molecule has 2 aromatic rings. The highest BCUT2D eigenvalue weighted by Crippen LogP contribution is 2.39. The van der Waals surface area contributed by atoms with Gasteiger partial charge in [0.05, 0.1) is 17.3 Å². The Morgan fingerprint density at radius 3 is 2.65 bits per heavy atom. The van der Waals surface area contributed by atoms with Gasteiger partial charge in [-0.05, 0) is 19.9 Å². The van der Waals surface area contributed by atoms with Crippen molar-refractivity contribution in [2.45, 2.75) is 50.4 Å². The van der Waals surface area contributed by atoms with Gasteiger partial charge in [-0.3, -0.25) is 4.98 Å². The summed E-state index contributed by atoms with van der Waals surface area (Å²) in [5.74, 6) is -0.973. The molecule has 26 heavy (non-hydrogen) atoms. The number of thioether (sulfide) groups is 1. The van der Waals surface area contributed by atoms with E-state index in [9.17, 15) is 9.90 Å². The van der Waals surface area contributed by atoms with Gasteiger partial charge in [0.2, 0.25) is 0 Å². The van der Waals surface area contributed by atoms with Crippen LogP contribution in [0.5, 0.6) is 0 Å². The van der Waals surface area contributed by atoms with Gasteiger partial charge < -0.3 is 14.7 Å². The van der Waals surface area contributed by atoms with Crippen molar-refractivity contribution in [3.63, 3.8) is 0 Å². The van der Waals surface area contributed by atoms with Crippen LogP contribution < -0.4 is 4.90 Å². The van der Waals surface area contributed by atoms with Crippen LogP contribution >= 0.6 is 11.8 Å². The maximum absolute atomic E-state index is 11.8. The number of hydrogen-bond acceptors (Lipinski definition) is 5. The van der Waals surface area contributed by atoms with Gasteiger partial charge >= 0.3 is 5.97 Å². The maximum atomic E-state index is 11.8. The number of ether oxygens (including phenoxy) is 1. The molecule has 1 aromatic heterocycles. The molecule has 2 rings (SSSR count). The molecule has 0 spiro atoms. The molecule has 0 saturated carbocycles. The molecule has 1 atom stereocenters. The van der Waals surface area contributed by atoms with Crippen molar-refractivity contribution in [2.24, 2.45) is 0 Å². The molecule has 0 aliphatic carbocycles. The SMILES string of the molecule is CCOC(C)CN(C)c1c(C(=O)O)cnc2c(SC(C)(C)C)cccc12. The van der Waals surface area contributed by atoms with E-state index in [0.717, 1.165) is 15.8 Å². The highest BCUT2D eigenvalue weighted by Gasteiger charge is 2.22. The third kappa shape index (κ3) is 4.89. The van der Waals surface area contributed by atoms with Gasteiger partial charge in [0.1, 0.15) is 5.56 Å². The van der Waals surface area contributed by atoms with E-state index in [1.807, 2.05) is 44.0 Å². The molecule has 0 fully saturated rings. The van der Waals surface area contributed by atoms with E-state index in [1.54, 1.807) is 11.8 Å². The van der Waals surface area contributed by atoms with Gasteiger partial charge in [0, 0.05) is 41.4 Å². The minimum Gasteiger partial charge on any atom is -0.478 e. The number of rotatable bonds is 7. The molecule has 1 N–H and O–H groups in total. The second-order valence-corrected chi connectivity index (χ2v) is 9.21. The van der Waals surface area contributed by atoms with Crippen molar-refractivity contribution in [2.75, 3.05) is 25.1 Å². The van der Waals surface area contributed by atoms with Crippen LogP contribution in [0.3, 0.4) is 0 Å². The van der Waals surface area contributed by atoms with Crippen LogP contribution in [0.25, 0.3) is 10.9 Å². The third-order valence-electron chi connectivity index (χ3n) is 3.84. The molecule has 0 saturated heterocycles. The second-order valence-electron chi connectivity index (χ2n) is 7.34. The fraction of sp³-hybridized carbons (Fsp3) is 0.500. The van der Waals surface area contributed by atoms with E-state index in [0.29, 0.717) is 18.8 Å². The quantitative estimate of drug-likeness (QED) is 0.708. The van der Waals surface area contributed by atoms with Gasteiger partial charge in [0.15, 0.2) is 0 Å². The van der Waals surface area contributed by atoms with Crippen molar-refractivity contribution in [1.82, 2.24) is 4.98 Å². The number of hydrogen-bond donors (Lipinski definition) is 1. The molecule has 0 bridgehead atoms. The molecule has 1 heterocycles. The first-order chi connectivity index (χ1) is 12.1. The zero-order chi connectivity index (χ0) is 19.5. The number of para-hydroxylation sites is 1. The van der Waals surface area contributed by atoms with Gasteiger partial charge in [0.25, 0.3) is 0 Å². The van der Waals surface area contributed by atoms with E-state index < -0.39 is 5.97 Å². The largest absolute Gasteiger partial charge is 0.478 e. The number of anilines is 1. The van der Waals surface area contributed by atoms with Crippen molar-refractivity contribution in [3.05, 3.63) is 30.0 Å². The number of aromatic nitrogens is 1. The summed E-state index contributed by atoms with van der Waals surface area (Å²) in [6, 6.07) is 5.95. The summed E-state index contributed by atoms with van der Waals surface area (Å²) in [4.78, 5) is 19.3. The van der Waals surface area contributed by atoms with Gasteiger partial charge in [-0.2, -0.15) is 0 Å². The number of carboxylic acids is 1. The average molecular weight is 377 g/mol. The zero-order valence-electron chi connectivity index (χ0n) is 16.4. The molecule has 0 amide bonds. The predicted octanol–water partition coefficient (Wildman–Crippen LogP) is 4.68. The monoisotopic (exact) mass is 376 g/mol. The van der Waals surface area contributed by atoms with E-state index >= 15 is 0 Å². The molecular weight excluding hydrogens is 348 g/mol. The van der Waals surface area contributed by atoms with E-state index in [4.69, 9.17) is 4.74 Å². The number of carbonyl (C=O) groups is 1. The summed E-state index contributed by atoms with van der Waals surface area (Å²) < 4.78 is 5.67. The standard InChI is InChI=1S/C20H28N2O3S/c1-7-25-13(2)12-22(6)18-14-9-8-10-16(26-20(3,4)5)17(14)21-11-15(18)19(23)24/h8-11,13H,7,12H2,1-6H3,(H,23,24). The molecule has 5 nitrogen and oxygen atoms in total. The lowest BCUT2D eigenvalue weighted by Crippen LogP contribution is -2.30. The number of carboxylic acid groups (broad SMARTS) is 1. The van der Waals surface area contributed by atoms with Crippen molar-refractivity contribution >= 4 is 34.3 Å². The summed E-state index contributed by atoms with van der Waals surface area (Å²) in [7, 11) is 1.90. The summed E-state index contributed by atoms with van der Waals surface area (Å²) in [5, 5.41) is 10.5. The Balaban J connectivity index is 2.59. The van der Waals surface area contributed by atoms with Crippen LogP contribution in [0.1, 0.15) is 45.0 Å². The minimum absolute atomic E-state index is 0.00185. The van der Waals surface area contributed by atoms with Crippen molar-refractivity contribution in [1.29, 1.82) is 0 Å². The van der Waals surface area contributed by atoms with Crippen LogP contribution in [0.2, 0.25) is 0 Å². The van der Waals surface area contributed by atoms with Crippen LogP contribution in [-0.2, 0) is 4.74 Å². The van der Waals surface area contributed by atoms with Gasteiger partial charge in [-0.25, -0.2) is 4.79 Å². The first kappa shape index (κ1) is 20.5. The zero-order valence-corrected chi connectivity index (χ0v) is 17.2. The van der Waals surface area contributed by atoms with Crippen molar-refractivity contribution in [3.8, 4) is 0 Å². The van der Waals surface area contributed by atoms with Crippen LogP contribution in [-0.4, -0.2) is 47.1 Å². The fourth-order valence-corrected chi connectivity index (χ4v) is 4.04. The van der Waals surface area contributed by atoms with Crippen molar-refractivity contribution < 1.29 is 14.6 Å². The lowest BCUT2D eigenvalue weighted by molar-refractivity contribution is 0.0694. The fourth-order valence-electron chi connectivity index (χ4n) is 2.98. The smallest absolute Gasteiger partial charge is 0.339 e. The molecular formula is C20H28N2O3S. The Morgan fingerprint density at radius 2 is 2.08 bits per heavy atom. The second kappa shape index (κ2) is 8.27. The topological polar surface area (TPSA) is 62.7 Å². The Kier molecular flexibility index (Phi) is 6.53. The summed E-state index contributed by atoms with van der Waals surface area (Å²) in [6.07, 6.45) is 1.47. The maximum Gasteiger partial charge on any atom is 0.339 e. The minimum atomic E-state index is -0.973. The Bertz CT molecular complexity index is 786. The Labute approximate surface area is 159 Å². The third-order valence-corrected chi connectivity index (χ3v) is 5.00. The highest BCUT2D eigenvalue weighted by molar-refractivity contribution is 8.00. The molecule has 0 radical (unpaired) electrons. The van der Waals surface area contributed by atoms with E-state index in [2.05, 4.69) is 25.8 Å². The Hall–Kier alpha value is -1.79. The highest BCUT2D eigenvalue weighted by atomic mass is 32.2. The molecule has 0 aliphatic heterocycles. The Morgan fingerprint density at radius 1 is 1.38 bits per heavy atom. The lowest BCUT2D eigenvalue weighted by atomic mass is 10.1. The van der Waals surface area contributed by atoms with Gasteiger partial charge in [-0.1, -0.05) is 32.9 Å². The van der Waals surface area contributed by atoms with Crippen LogP contribution in [0.4, 0.5) is 5.69 Å². The summed E-state index contributed by atoms with van der Waals surface area (Å²) in [6.45, 7) is 11.6. The molecule has 1 aromatic carbocycles. The van der Waals surface area contributed by atoms with Crippen LogP contribution in [0.15, 0.2) is 29.3 Å². The van der Waals surface area contributed by atoms with Gasteiger partial charge in [-0.15, -0.1) is 11.8 Å². The predicted molar refractivity (Wildman–Crippen MR) is 109 cm³/mol. The number of aromatic carboxylic acids is 1. The number of fused-ring (bicyclic) bond motifs is 1. The first-order valence-electron chi connectivity index (χ1n) is 8.80. The molecule has 142 valence electrons. The summed E-state index contributed by atoms with van der Waals surface area (Å²) >= 11 is 1.73. The normalized spacial score (nSPS) is 13.0. The number of likely N-dealkylation sites (N-methyl/N-ethyl adjacent to an activating group) is 1. The number of nitrogens with zero attached hydrogens (tertiary/aromatic N) is 2. The number of benzene rings is 1. The molecule has 0 aliphatic rings. The van der Waals surface area contributed by atoms with Crippen LogP contribution in [0, 0.1) is 0 Å². The summed E-state index contributed by atoms with van der Waals surface area (Å²) in [5.41, 5.74) is 1.73. The number of pyridine rings is 1. The molecule has 6 heteroatoms. The van der Waals surface area contributed by atoms with E-state index in [1.165, 1.54) is 6.20 Å².